The van der Waals surface area contributed by atoms with Crippen LogP contribution in [-0.4, -0.2) is 36.6 Å². The molecule has 1 N–H and O–H groups in total. The van der Waals surface area contributed by atoms with Crippen molar-refractivity contribution in [3.63, 3.8) is 0 Å². The van der Waals surface area contributed by atoms with E-state index in [2.05, 4.69) is 11.8 Å². The Balaban J connectivity index is 2.65. The Labute approximate surface area is 99.9 Å². The summed E-state index contributed by atoms with van der Waals surface area (Å²) in [5.74, 6) is 5.33. The van der Waals surface area contributed by atoms with Crippen molar-refractivity contribution in [2.24, 2.45) is 0 Å². The molecule has 1 aromatic rings. The molecule has 0 fully saturated rings. The van der Waals surface area contributed by atoms with Crippen LogP contribution in [0.3, 0.4) is 0 Å². The molecule has 0 heterocycles. The Morgan fingerprint density at radius 1 is 1.41 bits per heavy atom. The number of rotatable bonds is 4. The van der Waals surface area contributed by atoms with Crippen molar-refractivity contribution in [3.8, 4) is 11.8 Å². The molecule has 0 radical (unpaired) electrons. The molecule has 0 spiro atoms. The van der Waals surface area contributed by atoms with E-state index in [0.29, 0.717) is 6.54 Å². The van der Waals surface area contributed by atoms with Gasteiger partial charge in [0.25, 0.3) is 6.43 Å². The molecule has 0 saturated heterocycles. The molecule has 0 unspecified atom stereocenters. The monoisotopic (exact) mass is 239 g/mol. The first-order valence-corrected chi connectivity index (χ1v) is 5.27. The van der Waals surface area contributed by atoms with Gasteiger partial charge in [0.15, 0.2) is 0 Å². The molecule has 0 aliphatic carbocycles. The number of hydrogen-bond acceptors (Lipinski definition) is 2. The molecule has 2 nitrogen and oxygen atoms in total. The molecule has 0 bridgehead atoms. The minimum Gasteiger partial charge on any atom is -0.384 e. The van der Waals surface area contributed by atoms with Gasteiger partial charge in [-0.05, 0) is 24.7 Å². The Hall–Kier alpha value is -1.44. The first-order valence-electron chi connectivity index (χ1n) is 5.27. The fourth-order valence-corrected chi connectivity index (χ4v) is 1.50. The first kappa shape index (κ1) is 13.6. The van der Waals surface area contributed by atoms with Crippen LogP contribution in [0.4, 0.5) is 8.78 Å². The van der Waals surface area contributed by atoms with Gasteiger partial charge in [0, 0.05) is 12.1 Å². The molecule has 1 rings (SSSR count). The average molecular weight is 239 g/mol. The summed E-state index contributed by atoms with van der Waals surface area (Å²) in [4.78, 5) is 1.56. The second kappa shape index (κ2) is 7.00. The number of alkyl halides is 2. The molecular weight excluding hydrogens is 224 g/mol. The summed E-state index contributed by atoms with van der Waals surface area (Å²) in [5.41, 5.74) is 1.71. The molecule has 0 aliphatic heterocycles. The highest BCUT2D eigenvalue weighted by molar-refractivity contribution is 5.37. The van der Waals surface area contributed by atoms with Crippen LogP contribution in [0.5, 0.6) is 0 Å². The molecule has 0 saturated carbocycles. The Morgan fingerprint density at radius 3 is 2.82 bits per heavy atom. The van der Waals surface area contributed by atoms with Gasteiger partial charge in [-0.25, -0.2) is 8.78 Å². The highest BCUT2D eigenvalue weighted by Crippen LogP contribution is 2.08. The number of halogens is 2. The molecule has 0 aromatic heterocycles. The lowest BCUT2D eigenvalue weighted by atomic mass is 10.1. The summed E-state index contributed by atoms with van der Waals surface area (Å²) in [5, 5.41) is 8.58. The van der Waals surface area contributed by atoms with Crippen molar-refractivity contribution in [2.45, 2.75) is 13.0 Å². The van der Waals surface area contributed by atoms with E-state index >= 15 is 0 Å². The Bertz CT molecular complexity index is 409. The fourth-order valence-electron chi connectivity index (χ4n) is 1.50. The molecular formula is C13H15F2NO. The maximum Gasteiger partial charge on any atom is 0.251 e. The smallest absolute Gasteiger partial charge is 0.251 e. The standard InChI is InChI=1S/C13H15F2NO/c1-16(10-13(14)15)9-12-5-2-4-11(8-12)6-3-7-17/h2,4-5,8,13,17H,7,9-10H2,1H3. The zero-order valence-corrected chi connectivity index (χ0v) is 9.66. The molecule has 0 atom stereocenters. The predicted molar refractivity (Wildman–Crippen MR) is 62.7 cm³/mol. The normalized spacial score (nSPS) is 10.5. The summed E-state index contributed by atoms with van der Waals surface area (Å²) in [6.07, 6.45) is -2.32. The lowest BCUT2D eigenvalue weighted by molar-refractivity contribution is 0.0975. The maximum atomic E-state index is 12.1. The van der Waals surface area contributed by atoms with Gasteiger partial charge >= 0.3 is 0 Å². The van der Waals surface area contributed by atoms with Crippen LogP contribution in [-0.2, 0) is 6.54 Å². The number of aliphatic hydroxyl groups excluding tert-OH is 1. The van der Waals surface area contributed by atoms with Gasteiger partial charge in [0.2, 0.25) is 0 Å². The topological polar surface area (TPSA) is 23.5 Å². The molecule has 17 heavy (non-hydrogen) atoms. The van der Waals surface area contributed by atoms with E-state index in [1.165, 1.54) is 0 Å². The fraction of sp³-hybridized carbons (Fsp3) is 0.385. The average Bonchev–Trinajstić information content (AvgIpc) is 2.25. The van der Waals surface area contributed by atoms with Crippen molar-refractivity contribution < 1.29 is 13.9 Å². The molecule has 4 heteroatoms. The largest absolute Gasteiger partial charge is 0.384 e. The minimum absolute atomic E-state index is 0.185. The van der Waals surface area contributed by atoms with Gasteiger partial charge in [0.05, 0.1) is 6.54 Å². The third kappa shape index (κ3) is 5.43. The van der Waals surface area contributed by atoms with Crippen molar-refractivity contribution in [1.29, 1.82) is 0 Å². The van der Waals surface area contributed by atoms with E-state index in [-0.39, 0.29) is 13.2 Å². The lowest BCUT2D eigenvalue weighted by Crippen LogP contribution is -2.24. The highest BCUT2D eigenvalue weighted by Gasteiger charge is 2.07. The number of nitrogens with zero attached hydrogens (tertiary/aromatic N) is 1. The van der Waals surface area contributed by atoms with Crippen LogP contribution in [0.2, 0.25) is 0 Å². The van der Waals surface area contributed by atoms with Crippen molar-refractivity contribution in [1.82, 2.24) is 4.90 Å². The van der Waals surface area contributed by atoms with Crippen LogP contribution >= 0.6 is 0 Å². The summed E-state index contributed by atoms with van der Waals surface area (Å²) in [6, 6.07) is 7.35. The Morgan fingerprint density at radius 2 is 2.18 bits per heavy atom. The zero-order valence-electron chi connectivity index (χ0n) is 9.66. The molecule has 0 aliphatic rings. The molecule has 92 valence electrons. The second-order valence-electron chi connectivity index (χ2n) is 3.75. The highest BCUT2D eigenvalue weighted by atomic mass is 19.3. The zero-order chi connectivity index (χ0) is 12.7. The van der Waals surface area contributed by atoms with E-state index in [1.807, 2.05) is 24.3 Å². The van der Waals surface area contributed by atoms with Crippen LogP contribution < -0.4 is 0 Å². The van der Waals surface area contributed by atoms with Crippen LogP contribution in [0, 0.1) is 11.8 Å². The van der Waals surface area contributed by atoms with Crippen molar-refractivity contribution in [2.75, 3.05) is 20.2 Å². The van der Waals surface area contributed by atoms with E-state index in [0.717, 1.165) is 11.1 Å². The van der Waals surface area contributed by atoms with Gasteiger partial charge in [0.1, 0.15) is 6.61 Å². The summed E-state index contributed by atoms with van der Waals surface area (Å²) < 4.78 is 24.3. The third-order valence-corrected chi connectivity index (χ3v) is 2.14. The quantitative estimate of drug-likeness (QED) is 0.809. The lowest BCUT2D eigenvalue weighted by Gasteiger charge is -2.15. The van der Waals surface area contributed by atoms with Gasteiger partial charge in [-0.1, -0.05) is 24.0 Å². The number of aliphatic hydroxyl groups is 1. The van der Waals surface area contributed by atoms with Gasteiger partial charge in [-0.3, -0.25) is 4.90 Å². The van der Waals surface area contributed by atoms with Gasteiger partial charge in [-0.2, -0.15) is 0 Å². The summed E-state index contributed by atoms with van der Waals surface area (Å²) in [7, 11) is 1.65. The summed E-state index contributed by atoms with van der Waals surface area (Å²) >= 11 is 0. The van der Waals surface area contributed by atoms with Crippen LogP contribution in [0.15, 0.2) is 24.3 Å². The first-order chi connectivity index (χ1) is 8.11. The number of hydrogen-bond donors (Lipinski definition) is 1. The van der Waals surface area contributed by atoms with Crippen molar-refractivity contribution in [3.05, 3.63) is 35.4 Å². The van der Waals surface area contributed by atoms with E-state index < -0.39 is 6.43 Å². The van der Waals surface area contributed by atoms with Gasteiger partial charge in [-0.15, -0.1) is 0 Å². The van der Waals surface area contributed by atoms with Crippen LogP contribution in [0.25, 0.3) is 0 Å². The van der Waals surface area contributed by atoms with E-state index in [9.17, 15) is 8.78 Å². The van der Waals surface area contributed by atoms with Crippen molar-refractivity contribution >= 4 is 0 Å². The Kier molecular flexibility index (Phi) is 5.61. The van der Waals surface area contributed by atoms with Gasteiger partial charge < -0.3 is 5.11 Å². The molecule has 1 aromatic carbocycles. The maximum absolute atomic E-state index is 12.1. The number of benzene rings is 1. The minimum atomic E-state index is -2.32. The van der Waals surface area contributed by atoms with E-state index in [4.69, 9.17) is 5.11 Å². The summed E-state index contributed by atoms with van der Waals surface area (Å²) in [6.45, 7) is 0.0288. The predicted octanol–water partition coefficient (Wildman–Crippen LogP) is 1.73. The molecule has 0 amide bonds. The van der Waals surface area contributed by atoms with Crippen LogP contribution in [0.1, 0.15) is 11.1 Å². The second-order valence-corrected chi connectivity index (χ2v) is 3.75. The van der Waals surface area contributed by atoms with E-state index in [1.54, 1.807) is 11.9 Å². The SMILES string of the molecule is CN(Cc1cccc(C#CCO)c1)CC(F)F. The third-order valence-electron chi connectivity index (χ3n) is 2.14.